The second-order valence-corrected chi connectivity index (χ2v) is 10.5. The SMILES string of the molecule is C=CCOC(C)(C)C(F)(F)[C@](C)(CC(C)(C)S(N)=O)c1cc(Br)ccc1F. The van der Waals surface area contributed by atoms with Crippen molar-refractivity contribution < 1.29 is 22.1 Å². The largest absolute Gasteiger partial charge is 0.365 e. The topological polar surface area (TPSA) is 52.3 Å². The van der Waals surface area contributed by atoms with E-state index in [0.29, 0.717) is 4.47 Å². The molecule has 0 amide bonds. The number of nitrogens with two attached hydrogens (primary N) is 1. The first kappa shape index (κ1) is 24.3. The van der Waals surface area contributed by atoms with Crippen molar-refractivity contribution in [3.63, 3.8) is 0 Å². The van der Waals surface area contributed by atoms with Crippen LogP contribution in [0.3, 0.4) is 0 Å². The van der Waals surface area contributed by atoms with Crippen molar-refractivity contribution in [3.8, 4) is 0 Å². The minimum Gasteiger partial charge on any atom is -0.365 e. The molecule has 2 N–H and O–H groups in total. The second kappa shape index (κ2) is 8.35. The Bertz CT molecular complexity index is 725. The Balaban J connectivity index is 3.70. The van der Waals surface area contributed by atoms with E-state index < -0.39 is 38.5 Å². The van der Waals surface area contributed by atoms with Crippen LogP contribution in [-0.4, -0.2) is 27.1 Å². The summed E-state index contributed by atoms with van der Waals surface area (Å²) in [5.41, 5.74) is -4.20. The molecule has 27 heavy (non-hydrogen) atoms. The van der Waals surface area contributed by atoms with Gasteiger partial charge >= 0.3 is 0 Å². The summed E-state index contributed by atoms with van der Waals surface area (Å²) in [6, 6.07) is 3.88. The zero-order chi connectivity index (χ0) is 21.3. The quantitative estimate of drug-likeness (QED) is 0.501. The van der Waals surface area contributed by atoms with Crippen molar-refractivity contribution in [2.75, 3.05) is 6.61 Å². The van der Waals surface area contributed by atoms with E-state index in [1.807, 2.05) is 0 Å². The van der Waals surface area contributed by atoms with Gasteiger partial charge in [0.25, 0.3) is 5.92 Å². The number of ether oxygens (including phenoxy) is 1. The minimum atomic E-state index is -3.54. The Morgan fingerprint density at radius 3 is 2.30 bits per heavy atom. The third-order valence-electron chi connectivity index (χ3n) is 4.86. The van der Waals surface area contributed by atoms with Gasteiger partial charge in [-0.1, -0.05) is 22.0 Å². The summed E-state index contributed by atoms with van der Waals surface area (Å²) in [5.74, 6) is -4.32. The molecule has 0 aromatic heterocycles. The minimum absolute atomic E-state index is 0.0914. The second-order valence-electron chi connectivity index (χ2n) is 7.87. The lowest BCUT2D eigenvalue weighted by molar-refractivity contribution is -0.224. The average molecular weight is 470 g/mol. The molecule has 0 aliphatic heterocycles. The number of alkyl halides is 2. The van der Waals surface area contributed by atoms with E-state index in [2.05, 4.69) is 22.5 Å². The van der Waals surface area contributed by atoms with Gasteiger partial charge in [-0.3, -0.25) is 5.14 Å². The first-order valence-corrected chi connectivity index (χ1v) is 10.4. The molecule has 0 fully saturated rings. The first-order chi connectivity index (χ1) is 12.1. The molecular formula is C19H27BrF3NO2S. The molecule has 154 valence electrons. The lowest BCUT2D eigenvalue weighted by Crippen LogP contribution is -2.60. The van der Waals surface area contributed by atoms with Crippen LogP contribution in [-0.2, 0) is 21.1 Å². The number of benzene rings is 1. The third kappa shape index (κ3) is 4.83. The Morgan fingerprint density at radius 1 is 1.26 bits per heavy atom. The van der Waals surface area contributed by atoms with Crippen LogP contribution in [0.2, 0.25) is 0 Å². The van der Waals surface area contributed by atoms with Crippen molar-refractivity contribution in [3.05, 3.63) is 46.7 Å². The summed E-state index contributed by atoms with van der Waals surface area (Å²) in [7, 11) is -1.90. The van der Waals surface area contributed by atoms with E-state index in [1.54, 1.807) is 0 Å². The van der Waals surface area contributed by atoms with Crippen LogP contribution in [0.25, 0.3) is 0 Å². The number of hydrogen-bond acceptors (Lipinski definition) is 2. The van der Waals surface area contributed by atoms with Gasteiger partial charge in [0.05, 0.1) is 27.8 Å². The number of rotatable bonds is 9. The van der Waals surface area contributed by atoms with Crippen molar-refractivity contribution >= 4 is 26.9 Å². The normalized spacial score (nSPS) is 16.7. The molecule has 1 aromatic carbocycles. The Morgan fingerprint density at radius 2 is 1.81 bits per heavy atom. The van der Waals surface area contributed by atoms with Gasteiger partial charge in [0.1, 0.15) is 11.4 Å². The monoisotopic (exact) mass is 469 g/mol. The number of halogens is 4. The van der Waals surface area contributed by atoms with Crippen LogP contribution in [0, 0.1) is 5.82 Å². The van der Waals surface area contributed by atoms with Gasteiger partial charge in [-0.25, -0.2) is 17.4 Å². The molecule has 0 saturated carbocycles. The molecule has 0 aliphatic carbocycles. The Hall–Kier alpha value is -0.700. The molecule has 1 aromatic rings. The lowest BCUT2D eigenvalue weighted by Gasteiger charge is -2.48. The molecule has 0 heterocycles. The molecule has 0 spiro atoms. The highest BCUT2D eigenvalue weighted by Gasteiger charge is 2.63. The van der Waals surface area contributed by atoms with E-state index in [0.717, 1.165) is 6.07 Å². The van der Waals surface area contributed by atoms with Crippen LogP contribution in [0.5, 0.6) is 0 Å². The highest BCUT2D eigenvalue weighted by Crippen LogP contribution is 2.53. The molecular weight excluding hydrogens is 443 g/mol. The van der Waals surface area contributed by atoms with Gasteiger partial charge in [-0.15, -0.1) is 6.58 Å². The van der Waals surface area contributed by atoms with Gasteiger partial charge in [0, 0.05) is 10.0 Å². The summed E-state index contributed by atoms with van der Waals surface area (Å²) in [5, 5.41) is 5.54. The summed E-state index contributed by atoms with van der Waals surface area (Å²) in [6.07, 6.45) is 1.04. The van der Waals surface area contributed by atoms with E-state index in [9.17, 15) is 8.60 Å². The molecule has 0 radical (unpaired) electrons. The van der Waals surface area contributed by atoms with Gasteiger partial charge in [0.2, 0.25) is 0 Å². The smallest absolute Gasteiger partial charge is 0.285 e. The van der Waals surface area contributed by atoms with Gasteiger partial charge in [0.15, 0.2) is 0 Å². The van der Waals surface area contributed by atoms with Gasteiger partial charge < -0.3 is 4.74 Å². The van der Waals surface area contributed by atoms with Crippen LogP contribution in [0.15, 0.2) is 35.3 Å². The molecule has 1 rings (SSSR count). The maximum Gasteiger partial charge on any atom is 0.285 e. The van der Waals surface area contributed by atoms with Crippen molar-refractivity contribution in [1.29, 1.82) is 0 Å². The van der Waals surface area contributed by atoms with Crippen LogP contribution in [0.1, 0.15) is 46.6 Å². The van der Waals surface area contributed by atoms with Crippen molar-refractivity contribution in [1.82, 2.24) is 0 Å². The predicted octanol–water partition coefficient (Wildman–Crippen LogP) is 5.25. The zero-order valence-electron chi connectivity index (χ0n) is 16.2. The molecule has 1 unspecified atom stereocenters. The maximum absolute atomic E-state index is 15.9. The molecule has 3 nitrogen and oxygen atoms in total. The Labute approximate surface area is 170 Å². The molecule has 8 heteroatoms. The standard InChI is InChI=1S/C19H27BrF3NO2S/c1-7-10-26-17(4,5)19(22,23)18(6,12-16(2,3)27(24)25)14-11-13(20)8-9-15(14)21/h7-9,11H,1,10,12,24H2,2-6H3/t18-,27?/m1/s1. The van der Waals surface area contributed by atoms with Crippen molar-refractivity contribution in [2.24, 2.45) is 5.14 Å². The van der Waals surface area contributed by atoms with Crippen LogP contribution >= 0.6 is 15.9 Å². The summed E-state index contributed by atoms with van der Waals surface area (Å²) in [4.78, 5) is 0. The van der Waals surface area contributed by atoms with E-state index in [4.69, 9.17) is 9.88 Å². The lowest BCUT2D eigenvalue weighted by atomic mass is 9.66. The maximum atomic E-state index is 15.9. The fourth-order valence-electron chi connectivity index (χ4n) is 3.24. The van der Waals surface area contributed by atoms with Crippen LogP contribution < -0.4 is 5.14 Å². The fraction of sp³-hybridized carbons (Fsp3) is 0.579. The van der Waals surface area contributed by atoms with Gasteiger partial charge in [-0.2, -0.15) is 0 Å². The number of hydrogen-bond donors (Lipinski definition) is 1. The summed E-state index contributed by atoms with van der Waals surface area (Å²) in [6.45, 7) is 10.2. The predicted molar refractivity (Wildman–Crippen MR) is 108 cm³/mol. The molecule has 2 atom stereocenters. The molecule has 0 aliphatic rings. The highest BCUT2D eigenvalue weighted by atomic mass is 79.9. The van der Waals surface area contributed by atoms with E-state index in [-0.39, 0.29) is 18.6 Å². The third-order valence-corrected chi connectivity index (χ3v) is 6.58. The summed E-state index contributed by atoms with van der Waals surface area (Å²) < 4.78 is 63.0. The first-order valence-electron chi connectivity index (χ1n) is 8.37. The average Bonchev–Trinajstić information content (AvgIpc) is 2.54. The zero-order valence-corrected chi connectivity index (χ0v) is 18.6. The van der Waals surface area contributed by atoms with Gasteiger partial charge in [-0.05, 0) is 59.2 Å². The molecule has 0 bridgehead atoms. The fourth-order valence-corrected chi connectivity index (χ4v) is 4.03. The van der Waals surface area contributed by atoms with Crippen molar-refractivity contribution in [2.45, 2.75) is 62.7 Å². The molecule has 0 saturated heterocycles. The highest BCUT2D eigenvalue weighted by molar-refractivity contribution is 9.10. The van der Waals surface area contributed by atoms with Crippen LogP contribution in [0.4, 0.5) is 13.2 Å². The van der Waals surface area contributed by atoms with E-state index in [1.165, 1.54) is 52.8 Å². The Kier molecular flexibility index (Phi) is 7.53. The summed E-state index contributed by atoms with van der Waals surface area (Å²) >= 11 is 3.22. The van der Waals surface area contributed by atoms with E-state index >= 15 is 8.78 Å².